The molecule has 3 rings (SSSR count). The van der Waals surface area contributed by atoms with Crippen LogP contribution in [0.4, 0.5) is 0 Å². The molecule has 2 heterocycles. The van der Waals surface area contributed by atoms with Gasteiger partial charge in [-0.3, -0.25) is 0 Å². The van der Waals surface area contributed by atoms with Crippen molar-refractivity contribution in [2.45, 2.75) is 52.0 Å². The largest absolute Gasteiger partial charge is 0.494 e. The summed E-state index contributed by atoms with van der Waals surface area (Å²) < 4.78 is 8.48. The number of rotatable bonds is 9. The van der Waals surface area contributed by atoms with Crippen molar-refractivity contribution in [1.29, 1.82) is 0 Å². The van der Waals surface area contributed by atoms with Gasteiger partial charge in [-0.2, -0.15) is 0 Å². The van der Waals surface area contributed by atoms with Crippen LogP contribution in [-0.4, -0.2) is 41.7 Å². The molecule has 5 nitrogen and oxygen atoms in total. The molecular weight excluding hydrogens is 392 g/mol. The van der Waals surface area contributed by atoms with E-state index in [0.29, 0.717) is 0 Å². The van der Waals surface area contributed by atoms with Gasteiger partial charge < -0.3 is 21.1 Å². The molecule has 0 saturated carbocycles. The smallest absolute Gasteiger partial charge is 0.119 e. The van der Waals surface area contributed by atoms with Crippen LogP contribution in [0.1, 0.15) is 50.2 Å². The molecule has 1 fully saturated rings. The van der Waals surface area contributed by atoms with E-state index in [-0.39, 0.29) is 0 Å². The molecule has 0 atom stereocenters. The van der Waals surface area contributed by atoms with Crippen molar-refractivity contribution in [3.05, 3.63) is 53.0 Å². The molecular formula is C24H38N4OS. The van der Waals surface area contributed by atoms with E-state index < -0.39 is 0 Å². The minimum absolute atomic E-state index is 0.773. The molecule has 2 aliphatic rings. The fraction of sp³-hybridized carbons (Fsp3) is 0.583. The van der Waals surface area contributed by atoms with Crippen LogP contribution in [0.15, 0.2) is 41.9 Å². The maximum Gasteiger partial charge on any atom is 0.119 e. The van der Waals surface area contributed by atoms with Gasteiger partial charge in [-0.1, -0.05) is 24.9 Å². The number of nitrogens with two attached hydrogens (primary N) is 2. The average molecular weight is 431 g/mol. The van der Waals surface area contributed by atoms with E-state index in [0.717, 1.165) is 75.2 Å². The second-order valence-corrected chi connectivity index (χ2v) is 9.22. The number of likely N-dealkylation sites (tertiary alicyclic amines) is 1. The van der Waals surface area contributed by atoms with Crippen LogP contribution in [0.25, 0.3) is 0 Å². The van der Waals surface area contributed by atoms with Crippen molar-refractivity contribution >= 4 is 11.9 Å². The highest BCUT2D eigenvalue weighted by molar-refractivity contribution is 7.96. The molecule has 0 aromatic heterocycles. The van der Waals surface area contributed by atoms with E-state index in [1.54, 1.807) is 0 Å². The first-order valence-corrected chi connectivity index (χ1v) is 12.5. The zero-order chi connectivity index (χ0) is 21.3. The normalized spacial score (nSPS) is 19.1. The maximum atomic E-state index is 6.21. The van der Waals surface area contributed by atoms with Crippen molar-refractivity contribution in [3.63, 3.8) is 0 Å². The Hall–Kier alpha value is -1.79. The van der Waals surface area contributed by atoms with Gasteiger partial charge in [0.15, 0.2) is 0 Å². The topological polar surface area (TPSA) is 67.8 Å². The maximum absolute atomic E-state index is 6.21. The van der Waals surface area contributed by atoms with Crippen LogP contribution in [-0.2, 0) is 13.0 Å². The molecule has 1 aromatic carbocycles. The highest BCUT2D eigenvalue weighted by Gasteiger charge is 2.19. The minimum Gasteiger partial charge on any atom is -0.494 e. The van der Waals surface area contributed by atoms with Gasteiger partial charge in [0.2, 0.25) is 0 Å². The Bertz CT molecular complexity index is 741. The summed E-state index contributed by atoms with van der Waals surface area (Å²) in [6.07, 6.45) is 12.7. The number of ether oxygens (including phenoxy) is 1. The molecule has 2 aliphatic heterocycles. The Morgan fingerprint density at radius 1 is 1.17 bits per heavy atom. The van der Waals surface area contributed by atoms with Gasteiger partial charge in [-0.05, 0) is 86.1 Å². The molecule has 0 amide bonds. The zero-order valence-corrected chi connectivity index (χ0v) is 19.4. The molecule has 0 spiro atoms. The van der Waals surface area contributed by atoms with E-state index >= 15 is 0 Å². The third-order valence-corrected chi connectivity index (χ3v) is 7.12. The van der Waals surface area contributed by atoms with Gasteiger partial charge >= 0.3 is 0 Å². The lowest BCUT2D eigenvalue weighted by Crippen LogP contribution is -2.36. The Labute approximate surface area is 186 Å². The number of nitrogens with zero attached hydrogens (tertiary/aromatic N) is 2. The standard InChI is InChI=1S/C24H38N4OS/c1-3-22(25)7-9-24(26)27-13-10-19(11-14-27)5-4-16-29-23-8-6-21-18-28(30-2)15-12-20(21)17-23/h6-9,17,19H,3-5,10-16,18,25-26H2,1-2H3/b22-7-,24-9+. The lowest BCUT2D eigenvalue weighted by atomic mass is 9.92. The number of piperidine rings is 1. The second kappa shape index (κ2) is 11.6. The van der Waals surface area contributed by atoms with Crippen LogP contribution in [0.3, 0.4) is 0 Å². The van der Waals surface area contributed by atoms with Crippen LogP contribution in [0.5, 0.6) is 5.75 Å². The zero-order valence-electron chi connectivity index (χ0n) is 18.6. The van der Waals surface area contributed by atoms with Gasteiger partial charge in [0.25, 0.3) is 0 Å². The molecule has 0 unspecified atom stereocenters. The van der Waals surface area contributed by atoms with Crippen LogP contribution in [0.2, 0.25) is 0 Å². The van der Waals surface area contributed by atoms with Crippen LogP contribution >= 0.6 is 11.9 Å². The third kappa shape index (κ3) is 6.61. The first kappa shape index (κ1) is 22.9. The lowest BCUT2D eigenvalue weighted by molar-refractivity contribution is 0.204. The fourth-order valence-electron chi connectivity index (χ4n) is 4.21. The lowest BCUT2D eigenvalue weighted by Gasteiger charge is -2.33. The monoisotopic (exact) mass is 430 g/mol. The molecule has 1 saturated heterocycles. The summed E-state index contributed by atoms with van der Waals surface area (Å²) >= 11 is 1.83. The fourth-order valence-corrected chi connectivity index (χ4v) is 4.75. The average Bonchev–Trinajstić information content (AvgIpc) is 2.79. The molecule has 1 aromatic rings. The predicted octanol–water partition coefficient (Wildman–Crippen LogP) is 4.25. The molecule has 6 heteroatoms. The summed E-state index contributed by atoms with van der Waals surface area (Å²) in [5, 5.41) is 0. The van der Waals surface area contributed by atoms with Crippen molar-refractivity contribution in [3.8, 4) is 5.75 Å². The predicted molar refractivity (Wildman–Crippen MR) is 128 cm³/mol. The minimum atomic E-state index is 0.773. The Morgan fingerprint density at radius 3 is 2.70 bits per heavy atom. The molecule has 30 heavy (non-hydrogen) atoms. The molecule has 0 bridgehead atoms. The summed E-state index contributed by atoms with van der Waals surface area (Å²) in [5.74, 6) is 2.63. The van der Waals surface area contributed by atoms with Gasteiger partial charge in [0.1, 0.15) is 5.75 Å². The first-order chi connectivity index (χ1) is 14.6. The van der Waals surface area contributed by atoms with E-state index in [4.69, 9.17) is 16.2 Å². The molecule has 166 valence electrons. The summed E-state index contributed by atoms with van der Waals surface area (Å²) in [6.45, 7) is 7.09. The Morgan fingerprint density at radius 2 is 1.97 bits per heavy atom. The Balaban J connectivity index is 1.35. The third-order valence-electron chi connectivity index (χ3n) is 6.29. The molecule has 0 radical (unpaired) electrons. The summed E-state index contributed by atoms with van der Waals surface area (Å²) in [5.41, 5.74) is 15.8. The van der Waals surface area contributed by atoms with Gasteiger partial charge in [0, 0.05) is 31.9 Å². The highest BCUT2D eigenvalue weighted by atomic mass is 32.2. The number of hydrogen-bond acceptors (Lipinski definition) is 6. The van der Waals surface area contributed by atoms with E-state index in [9.17, 15) is 0 Å². The Kier molecular flexibility index (Phi) is 8.82. The number of benzene rings is 1. The van der Waals surface area contributed by atoms with Crippen molar-refractivity contribution in [1.82, 2.24) is 9.21 Å². The van der Waals surface area contributed by atoms with Gasteiger partial charge in [-0.25, -0.2) is 4.31 Å². The molecule has 0 aliphatic carbocycles. The van der Waals surface area contributed by atoms with Gasteiger partial charge in [0.05, 0.1) is 12.4 Å². The van der Waals surface area contributed by atoms with Crippen molar-refractivity contribution in [2.75, 3.05) is 32.5 Å². The highest BCUT2D eigenvalue weighted by Crippen LogP contribution is 2.27. The second-order valence-electron chi connectivity index (χ2n) is 8.33. The number of hydrogen-bond donors (Lipinski definition) is 2. The number of fused-ring (bicyclic) bond motifs is 1. The van der Waals surface area contributed by atoms with Crippen LogP contribution < -0.4 is 16.2 Å². The summed E-state index contributed by atoms with van der Waals surface area (Å²) in [6, 6.07) is 6.63. The van der Waals surface area contributed by atoms with E-state index in [1.165, 1.54) is 30.4 Å². The quantitative estimate of drug-likeness (QED) is 0.347. The van der Waals surface area contributed by atoms with Crippen molar-refractivity contribution < 1.29 is 4.74 Å². The van der Waals surface area contributed by atoms with Crippen molar-refractivity contribution in [2.24, 2.45) is 17.4 Å². The summed E-state index contributed by atoms with van der Waals surface area (Å²) in [7, 11) is 0. The van der Waals surface area contributed by atoms with Gasteiger partial charge in [-0.15, -0.1) is 0 Å². The van der Waals surface area contributed by atoms with E-state index in [2.05, 4.69) is 40.6 Å². The van der Waals surface area contributed by atoms with E-state index in [1.807, 2.05) is 24.1 Å². The molecule has 4 N–H and O–H groups in total. The first-order valence-electron chi connectivity index (χ1n) is 11.3. The summed E-state index contributed by atoms with van der Waals surface area (Å²) in [4.78, 5) is 2.28. The van der Waals surface area contributed by atoms with Crippen LogP contribution in [0, 0.1) is 5.92 Å². The SMILES string of the molecule is CC/C(N)=C/C=C(\N)N1CCC(CCCOc2ccc3c(c2)CCN(SC)C3)CC1. The number of allylic oxidation sites excluding steroid dienone is 3.